The first-order valence-corrected chi connectivity index (χ1v) is 11.4. The van der Waals surface area contributed by atoms with Gasteiger partial charge in [0.1, 0.15) is 36.1 Å². The van der Waals surface area contributed by atoms with Crippen molar-refractivity contribution in [1.82, 2.24) is 9.88 Å². The van der Waals surface area contributed by atoms with Gasteiger partial charge in [0.05, 0.1) is 6.04 Å². The third-order valence-electron chi connectivity index (χ3n) is 5.61. The lowest BCUT2D eigenvalue weighted by molar-refractivity contribution is -0.138. The molecule has 0 aliphatic heterocycles. The summed E-state index contributed by atoms with van der Waals surface area (Å²) in [5.74, 6) is 1.03. The minimum atomic E-state index is -1.13. The minimum Gasteiger partial charge on any atom is -0.487 e. The average molecular weight is 487 g/mol. The molecule has 36 heavy (non-hydrogen) atoms. The Balaban J connectivity index is 1.41. The minimum absolute atomic E-state index is 0.228. The SMILES string of the molecule is Cc1oc(-c2ccccc2)nc1COc1ccc([C@H](C)N(CC(=O)O)C(=O)Oc2ccccc2)cc1. The van der Waals surface area contributed by atoms with Gasteiger partial charge >= 0.3 is 12.1 Å². The Kier molecular flexibility index (Phi) is 7.65. The van der Waals surface area contributed by atoms with E-state index in [1.54, 1.807) is 61.5 Å². The van der Waals surface area contributed by atoms with Gasteiger partial charge in [-0.15, -0.1) is 0 Å². The van der Waals surface area contributed by atoms with Gasteiger partial charge in [0.25, 0.3) is 0 Å². The van der Waals surface area contributed by atoms with E-state index in [1.807, 2.05) is 37.3 Å². The van der Waals surface area contributed by atoms with Crippen LogP contribution in [0.15, 0.2) is 89.3 Å². The lowest BCUT2D eigenvalue weighted by atomic mass is 10.1. The second-order valence-corrected chi connectivity index (χ2v) is 8.12. The molecule has 0 fully saturated rings. The zero-order valence-electron chi connectivity index (χ0n) is 20.0. The number of rotatable bonds is 9. The average Bonchev–Trinajstić information content (AvgIpc) is 3.27. The van der Waals surface area contributed by atoms with E-state index in [9.17, 15) is 14.7 Å². The van der Waals surface area contributed by atoms with Gasteiger partial charge in [-0.3, -0.25) is 9.69 Å². The van der Waals surface area contributed by atoms with E-state index in [0.717, 1.165) is 16.0 Å². The molecule has 0 saturated heterocycles. The van der Waals surface area contributed by atoms with Crippen molar-refractivity contribution in [3.8, 4) is 23.0 Å². The summed E-state index contributed by atoms with van der Waals surface area (Å²) in [6.07, 6.45) is -0.743. The number of carboxylic acid groups (broad SMARTS) is 1. The Hall–Kier alpha value is -4.59. The molecule has 1 N–H and O–H groups in total. The maximum atomic E-state index is 12.7. The van der Waals surface area contributed by atoms with Crippen LogP contribution in [0.25, 0.3) is 11.5 Å². The first kappa shape index (κ1) is 24.5. The molecular weight excluding hydrogens is 460 g/mol. The maximum Gasteiger partial charge on any atom is 0.416 e. The molecule has 1 heterocycles. The molecule has 1 amide bonds. The van der Waals surface area contributed by atoms with E-state index < -0.39 is 24.6 Å². The van der Waals surface area contributed by atoms with Crippen molar-refractivity contribution in [3.05, 3.63) is 102 Å². The molecule has 184 valence electrons. The van der Waals surface area contributed by atoms with Gasteiger partial charge in [0.2, 0.25) is 5.89 Å². The number of amides is 1. The van der Waals surface area contributed by atoms with Crippen LogP contribution in [0.4, 0.5) is 4.79 Å². The van der Waals surface area contributed by atoms with E-state index in [2.05, 4.69) is 4.98 Å². The highest BCUT2D eigenvalue weighted by Gasteiger charge is 2.26. The van der Waals surface area contributed by atoms with E-state index in [1.165, 1.54) is 0 Å². The summed E-state index contributed by atoms with van der Waals surface area (Å²) in [5, 5.41) is 9.33. The highest BCUT2D eigenvalue weighted by Crippen LogP contribution is 2.26. The zero-order valence-corrected chi connectivity index (χ0v) is 20.0. The Morgan fingerprint density at radius 1 is 0.944 bits per heavy atom. The second-order valence-electron chi connectivity index (χ2n) is 8.12. The van der Waals surface area contributed by atoms with Crippen molar-refractivity contribution in [1.29, 1.82) is 0 Å². The van der Waals surface area contributed by atoms with Gasteiger partial charge in [0.15, 0.2) is 0 Å². The zero-order chi connectivity index (χ0) is 25.5. The molecule has 0 aliphatic carbocycles. The number of benzene rings is 3. The molecular formula is C28H26N2O6. The first-order valence-electron chi connectivity index (χ1n) is 11.4. The summed E-state index contributed by atoms with van der Waals surface area (Å²) in [4.78, 5) is 29.8. The molecule has 4 aromatic rings. The summed E-state index contributed by atoms with van der Waals surface area (Å²) in [7, 11) is 0. The molecule has 0 spiro atoms. The number of oxazole rings is 1. The highest BCUT2D eigenvalue weighted by atomic mass is 16.6. The van der Waals surface area contributed by atoms with Crippen LogP contribution in [0.2, 0.25) is 0 Å². The smallest absolute Gasteiger partial charge is 0.416 e. The number of hydrogen-bond donors (Lipinski definition) is 1. The summed E-state index contributed by atoms with van der Waals surface area (Å²) < 4.78 is 17.0. The van der Waals surface area contributed by atoms with Crippen LogP contribution < -0.4 is 9.47 Å². The van der Waals surface area contributed by atoms with Crippen LogP contribution in [0.5, 0.6) is 11.5 Å². The van der Waals surface area contributed by atoms with Crippen LogP contribution >= 0.6 is 0 Å². The molecule has 0 unspecified atom stereocenters. The summed E-state index contributed by atoms with van der Waals surface area (Å²) in [5.41, 5.74) is 2.32. The number of aryl methyl sites for hydroxylation is 1. The molecule has 1 aromatic heterocycles. The van der Waals surface area contributed by atoms with Gasteiger partial charge in [-0.2, -0.15) is 0 Å². The molecule has 0 radical (unpaired) electrons. The molecule has 8 nitrogen and oxygen atoms in total. The van der Waals surface area contributed by atoms with Crippen molar-refractivity contribution in [3.63, 3.8) is 0 Å². The lowest BCUT2D eigenvalue weighted by Gasteiger charge is -2.27. The van der Waals surface area contributed by atoms with Crippen LogP contribution in [0.1, 0.15) is 30.0 Å². The molecule has 0 bridgehead atoms. The number of carboxylic acids is 1. The van der Waals surface area contributed by atoms with E-state index in [-0.39, 0.29) is 6.61 Å². The Morgan fingerprint density at radius 3 is 2.22 bits per heavy atom. The van der Waals surface area contributed by atoms with Gasteiger partial charge in [-0.25, -0.2) is 9.78 Å². The molecule has 4 rings (SSSR count). The molecule has 0 saturated carbocycles. The summed E-state index contributed by atoms with van der Waals surface area (Å²) in [6, 6.07) is 24.7. The summed E-state index contributed by atoms with van der Waals surface area (Å²) in [6.45, 7) is 3.31. The predicted octanol–water partition coefficient (Wildman–Crippen LogP) is 5.88. The maximum absolute atomic E-state index is 12.7. The molecule has 3 aromatic carbocycles. The van der Waals surface area contributed by atoms with Crippen LogP contribution in [0.3, 0.4) is 0 Å². The third kappa shape index (κ3) is 6.09. The van der Waals surface area contributed by atoms with Gasteiger partial charge in [-0.05, 0) is 55.8 Å². The fourth-order valence-electron chi connectivity index (χ4n) is 3.59. The Morgan fingerprint density at radius 2 is 1.58 bits per heavy atom. The Bertz CT molecular complexity index is 1300. The molecule has 0 aliphatic rings. The Labute approximate surface area is 208 Å². The highest BCUT2D eigenvalue weighted by molar-refractivity contribution is 5.78. The van der Waals surface area contributed by atoms with Crippen molar-refractivity contribution in [2.75, 3.05) is 6.54 Å². The first-order chi connectivity index (χ1) is 17.4. The topological polar surface area (TPSA) is 102 Å². The van der Waals surface area contributed by atoms with Gasteiger partial charge < -0.3 is 19.0 Å². The second kappa shape index (κ2) is 11.2. The standard InChI is InChI=1S/C28H26N2O6/c1-19(30(17-26(31)32)28(33)36-24-11-7-4-8-12-24)21-13-15-23(16-14-21)34-18-25-20(2)35-27(29-25)22-9-5-3-6-10-22/h3-16,19H,17-18H2,1-2H3,(H,31,32)/t19-/m0/s1. The molecule has 8 heteroatoms. The normalized spacial score (nSPS) is 11.5. The third-order valence-corrected chi connectivity index (χ3v) is 5.61. The fraction of sp³-hybridized carbons (Fsp3) is 0.179. The number of aromatic nitrogens is 1. The number of carbonyl (C=O) groups excluding carboxylic acids is 1. The molecule has 1 atom stereocenters. The summed E-state index contributed by atoms with van der Waals surface area (Å²) >= 11 is 0. The van der Waals surface area contributed by atoms with Gasteiger partial charge in [-0.1, -0.05) is 48.5 Å². The largest absolute Gasteiger partial charge is 0.487 e. The van der Waals surface area contributed by atoms with E-state index in [4.69, 9.17) is 13.9 Å². The quantitative estimate of drug-likeness (QED) is 0.315. The number of para-hydroxylation sites is 1. The number of aliphatic carboxylic acids is 1. The number of carbonyl (C=O) groups is 2. The van der Waals surface area contributed by atoms with Crippen molar-refractivity contribution >= 4 is 12.1 Å². The van der Waals surface area contributed by atoms with Crippen molar-refractivity contribution in [2.24, 2.45) is 0 Å². The number of ether oxygens (including phenoxy) is 2. The van der Waals surface area contributed by atoms with E-state index in [0.29, 0.717) is 28.8 Å². The fourth-order valence-corrected chi connectivity index (χ4v) is 3.59. The predicted molar refractivity (Wildman–Crippen MR) is 133 cm³/mol. The van der Waals surface area contributed by atoms with Gasteiger partial charge in [0, 0.05) is 5.56 Å². The van der Waals surface area contributed by atoms with Crippen LogP contribution in [-0.2, 0) is 11.4 Å². The van der Waals surface area contributed by atoms with Crippen molar-refractivity contribution in [2.45, 2.75) is 26.5 Å². The van der Waals surface area contributed by atoms with Crippen LogP contribution in [-0.4, -0.2) is 33.6 Å². The number of hydrogen-bond acceptors (Lipinski definition) is 6. The monoisotopic (exact) mass is 486 g/mol. The van der Waals surface area contributed by atoms with Crippen LogP contribution in [0, 0.1) is 6.92 Å². The van der Waals surface area contributed by atoms with E-state index >= 15 is 0 Å². The van der Waals surface area contributed by atoms with Crippen molar-refractivity contribution < 1.29 is 28.6 Å². The number of nitrogens with zero attached hydrogens (tertiary/aromatic N) is 2. The lowest BCUT2D eigenvalue weighted by Crippen LogP contribution is -2.39.